The van der Waals surface area contributed by atoms with Gasteiger partial charge in [-0.1, -0.05) is 13.3 Å². The van der Waals surface area contributed by atoms with E-state index in [9.17, 15) is 17.6 Å². The molecule has 1 saturated carbocycles. The first-order valence-electron chi connectivity index (χ1n) is 5.91. The fourth-order valence-electron chi connectivity index (χ4n) is 2.10. The highest BCUT2D eigenvalue weighted by Gasteiger charge is 2.33. The number of hydrogen-bond donors (Lipinski definition) is 1. The minimum atomic E-state index is -4.50. The Balaban J connectivity index is 2.06. The minimum Gasteiger partial charge on any atom is -0.382 e. The van der Waals surface area contributed by atoms with Crippen molar-refractivity contribution in [3.8, 4) is 0 Å². The van der Waals surface area contributed by atoms with Crippen molar-refractivity contribution in [1.82, 2.24) is 0 Å². The second-order valence-electron chi connectivity index (χ2n) is 5.21. The van der Waals surface area contributed by atoms with Crippen molar-refractivity contribution in [3.63, 3.8) is 0 Å². The van der Waals surface area contributed by atoms with Gasteiger partial charge in [0.15, 0.2) is 0 Å². The zero-order valence-corrected chi connectivity index (χ0v) is 10.1. The van der Waals surface area contributed by atoms with Crippen LogP contribution < -0.4 is 5.32 Å². The van der Waals surface area contributed by atoms with Crippen LogP contribution in [0.4, 0.5) is 23.2 Å². The molecule has 1 fully saturated rings. The predicted molar refractivity (Wildman–Crippen MR) is 61.8 cm³/mol. The summed E-state index contributed by atoms with van der Waals surface area (Å²) in [7, 11) is 0. The first-order chi connectivity index (χ1) is 8.30. The minimum absolute atomic E-state index is 0.135. The Labute approximate surface area is 103 Å². The fraction of sp³-hybridized carbons (Fsp3) is 0.538. The zero-order chi connectivity index (χ0) is 13.4. The molecule has 1 nitrogen and oxygen atoms in total. The molecule has 0 aromatic heterocycles. The van der Waals surface area contributed by atoms with E-state index in [1.54, 1.807) is 0 Å². The SMILES string of the molecule is CC1(CNc2ccc(C(F)(F)F)cc2F)CCC1. The maximum Gasteiger partial charge on any atom is 0.416 e. The normalized spacial score (nSPS) is 18.3. The average molecular weight is 261 g/mol. The molecule has 0 heterocycles. The summed E-state index contributed by atoms with van der Waals surface area (Å²) in [6.07, 6.45) is -1.20. The first kappa shape index (κ1) is 13.2. The van der Waals surface area contributed by atoms with Crippen LogP contribution in [0.2, 0.25) is 0 Å². The summed E-state index contributed by atoms with van der Waals surface area (Å²) < 4.78 is 50.6. The van der Waals surface area contributed by atoms with Gasteiger partial charge in [0.2, 0.25) is 0 Å². The average Bonchev–Trinajstić information content (AvgIpc) is 2.23. The third-order valence-corrected chi connectivity index (χ3v) is 3.56. The highest BCUT2D eigenvalue weighted by molar-refractivity contribution is 5.47. The lowest BCUT2D eigenvalue weighted by molar-refractivity contribution is -0.137. The van der Waals surface area contributed by atoms with Gasteiger partial charge >= 0.3 is 6.18 Å². The summed E-state index contributed by atoms with van der Waals surface area (Å²) >= 11 is 0. The standard InChI is InChI=1S/C13H15F4N/c1-12(5-2-6-12)8-18-11-4-3-9(7-10(11)14)13(15,16)17/h3-4,7,18H,2,5-6,8H2,1H3. The molecule has 5 heteroatoms. The monoisotopic (exact) mass is 261 g/mol. The molecule has 1 N–H and O–H groups in total. The lowest BCUT2D eigenvalue weighted by Gasteiger charge is -2.38. The van der Waals surface area contributed by atoms with E-state index in [0.717, 1.165) is 31.4 Å². The largest absolute Gasteiger partial charge is 0.416 e. The van der Waals surface area contributed by atoms with Crippen LogP contribution in [0.5, 0.6) is 0 Å². The maximum atomic E-state index is 13.5. The molecule has 1 aliphatic carbocycles. The summed E-state index contributed by atoms with van der Waals surface area (Å²) in [6.45, 7) is 2.68. The molecule has 100 valence electrons. The topological polar surface area (TPSA) is 12.0 Å². The van der Waals surface area contributed by atoms with Gasteiger partial charge < -0.3 is 5.32 Å². The van der Waals surface area contributed by atoms with E-state index in [-0.39, 0.29) is 11.1 Å². The van der Waals surface area contributed by atoms with Crippen LogP contribution in [0.25, 0.3) is 0 Å². The van der Waals surface area contributed by atoms with Gasteiger partial charge in [-0.3, -0.25) is 0 Å². The Kier molecular flexibility index (Phi) is 3.25. The van der Waals surface area contributed by atoms with Gasteiger partial charge in [0.25, 0.3) is 0 Å². The molecule has 0 unspecified atom stereocenters. The van der Waals surface area contributed by atoms with Crippen LogP contribution in [0.1, 0.15) is 31.7 Å². The Morgan fingerprint density at radius 2 is 1.94 bits per heavy atom. The summed E-state index contributed by atoms with van der Waals surface area (Å²) in [5, 5.41) is 2.89. The molecule has 2 rings (SSSR count). The third kappa shape index (κ3) is 2.76. The molecule has 18 heavy (non-hydrogen) atoms. The van der Waals surface area contributed by atoms with E-state index in [0.29, 0.717) is 12.6 Å². The fourth-order valence-corrected chi connectivity index (χ4v) is 2.10. The van der Waals surface area contributed by atoms with Crippen LogP contribution in [0.15, 0.2) is 18.2 Å². The second kappa shape index (κ2) is 4.44. The van der Waals surface area contributed by atoms with Gasteiger partial charge in [-0.15, -0.1) is 0 Å². The van der Waals surface area contributed by atoms with Gasteiger partial charge in [0, 0.05) is 6.54 Å². The maximum absolute atomic E-state index is 13.5. The number of hydrogen-bond acceptors (Lipinski definition) is 1. The van der Waals surface area contributed by atoms with E-state index >= 15 is 0 Å². The molecule has 0 saturated heterocycles. The number of rotatable bonds is 3. The number of alkyl halides is 3. The zero-order valence-electron chi connectivity index (χ0n) is 10.1. The number of halogens is 4. The van der Waals surface area contributed by atoms with Crippen molar-refractivity contribution >= 4 is 5.69 Å². The van der Waals surface area contributed by atoms with Crippen LogP contribution in [0, 0.1) is 11.2 Å². The number of nitrogens with one attached hydrogen (secondary N) is 1. The van der Waals surface area contributed by atoms with Crippen molar-refractivity contribution in [2.75, 3.05) is 11.9 Å². The van der Waals surface area contributed by atoms with Crippen LogP contribution in [0.3, 0.4) is 0 Å². The van der Waals surface area contributed by atoms with Gasteiger partial charge in [0.05, 0.1) is 11.3 Å². The lowest BCUT2D eigenvalue weighted by Crippen LogP contribution is -2.33. The van der Waals surface area contributed by atoms with Gasteiger partial charge in [-0.05, 0) is 36.5 Å². The summed E-state index contributed by atoms with van der Waals surface area (Å²) in [4.78, 5) is 0. The van der Waals surface area contributed by atoms with Gasteiger partial charge in [-0.2, -0.15) is 13.2 Å². The molecule has 1 aromatic rings. The van der Waals surface area contributed by atoms with Crippen LogP contribution in [-0.2, 0) is 6.18 Å². The molecule has 0 atom stereocenters. The summed E-state index contributed by atoms with van der Waals surface area (Å²) in [5.74, 6) is -0.854. The number of benzene rings is 1. The Hall–Kier alpha value is -1.26. The van der Waals surface area contributed by atoms with Crippen LogP contribution >= 0.6 is 0 Å². The predicted octanol–water partition coefficient (Wildman–Crippen LogP) is 4.45. The van der Waals surface area contributed by atoms with Crippen LogP contribution in [-0.4, -0.2) is 6.54 Å². The smallest absolute Gasteiger partial charge is 0.382 e. The Morgan fingerprint density at radius 3 is 2.39 bits per heavy atom. The van der Waals surface area contributed by atoms with E-state index in [1.807, 2.05) is 0 Å². The summed E-state index contributed by atoms with van der Waals surface area (Å²) in [5.41, 5.74) is -0.675. The molecule has 1 aromatic carbocycles. The van der Waals surface area contributed by atoms with E-state index in [2.05, 4.69) is 12.2 Å². The Bertz CT molecular complexity index is 435. The highest BCUT2D eigenvalue weighted by Crippen LogP contribution is 2.40. The number of anilines is 1. The molecule has 1 aliphatic rings. The van der Waals surface area contributed by atoms with Crippen molar-refractivity contribution in [3.05, 3.63) is 29.6 Å². The molecule has 0 bridgehead atoms. The van der Waals surface area contributed by atoms with Crippen molar-refractivity contribution in [1.29, 1.82) is 0 Å². The van der Waals surface area contributed by atoms with Crippen molar-refractivity contribution < 1.29 is 17.6 Å². The third-order valence-electron chi connectivity index (χ3n) is 3.56. The molecular weight excluding hydrogens is 246 g/mol. The molecule has 0 aliphatic heterocycles. The van der Waals surface area contributed by atoms with Gasteiger partial charge in [0.1, 0.15) is 5.82 Å². The quantitative estimate of drug-likeness (QED) is 0.793. The van der Waals surface area contributed by atoms with E-state index < -0.39 is 17.6 Å². The lowest BCUT2D eigenvalue weighted by atomic mass is 9.70. The second-order valence-corrected chi connectivity index (χ2v) is 5.21. The molecule has 0 amide bonds. The Morgan fingerprint density at radius 1 is 1.28 bits per heavy atom. The highest BCUT2D eigenvalue weighted by atomic mass is 19.4. The summed E-state index contributed by atoms with van der Waals surface area (Å²) in [6, 6.07) is 2.58. The molecular formula is C13H15F4N. The molecule has 0 radical (unpaired) electrons. The molecule has 0 spiro atoms. The van der Waals surface area contributed by atoms with Gasteiger partial charge in [-0.25, -0.2) is 4.39 Å². The first-order valence-corrected chi connectivity index (χ1v) is 5.91. The van der Waals surface area contributed by atoms with E-state index in [1.165, 1.54) is 0 Å². The van der Waals surface area contributed by atoms with Crippen molar-refractivity contribution in [2.45, 2.75) is 32.4 Å². The van der Waals surface area contributed by atoms with E-state index in [4.69, 9.17) is 0 Å². The van der Waals surface area contributed by atoms with Crippen molar-refractivity contribution in [2.24, 2.45) is 5.41 Å².